The first-order valence-electron chi connectivity index (χ1n) is 9.68. The number of methoxy groups -OCH3 is 1. The molecule has 0 N–H and O–H groups in total. The Morgan fingerprint density at radius 1 is 1.11 bits per heavy atom. The van der Waals surface area contributed by atoms with E-state index < -0.39 is 5.60 Å². The van der Waals surface area contributed by atoms with E-state index in [1.807, 2.05) is 32.9 Å². The summed E-state index contributed by atoms with van der Waals surface area (Å²) in [5.41, 5.74) is 0.721. The SMILES string of the molecule is COc1cc(CN2CCN(C(=O)OC(C)(C)C)CC2)ccc1OCC(C)C. The van der Waals surface area contributed by atoms with Gasteiger partial charge in [0.05, 0.1) is 13.7 Å². The van der Waals surface area contributed by atoms with Gasteiger partial charge in [-0.2, -0.15) is 0 Å². The number of hydrogen-bond acceptors (Lipinski definition) is 5. The second kappa shape index (κ2) is 9.31. The van der Waals surface area contributed by atoms with E-state index in [-0.39, 0.29) is 6.09 Å². The van der Waals surface area contributed by atoms with E-state index in [0.29, 0.717) is 25.6 Å². The van der Waals surface area contributed by atoms with Crippen LogP contribution in [0.15, 0.2) is 18.2 Å². The Kier molecular flexibility index (Phi) is 7.36. The van der Waals surface area contributed by atoms with Crippen LogP contribution in [0.3, 0.4) is 0 Å². The van der Waals surface area contributed by atoms with Gasteiger partial charge in [0.15, 0.2) is 11.5 Å². The molecule has 1 aliphatic heterocycles. The van der Waals surface area contributed by atoms with Gasteiger partial charge in [-0.15, -0.1) is 0 Å². The number of benzene rings is 1. The minimum Gasteiger partial charge on any atom is -0.493 e. The van der Waals surface area contributed by atoms with Gasteiger partial charge in [0.25, 0.3) is 0 Å². The molecular formula is C21H34N2O4. The summed E-state index contributed by atoms with van der Waals surface area (Å²) in [6, 6.07) is 6.10. The minimum absolute atomic E-state index is 0.226. The molecule has 0 bridgehead atoms. The van der Waals surface area contributed by atoms with Crippen molar-refractivity contribution in [3.8, 4) is 11.5 Å². The van der Waals surface area contributed by atoms with Gasteiger partial charge >= 0.3 is 6.09 Å². The van der Waals surface area contributed by atoms with Crippen LogP contribution in [0, 0.1) is 5.92 Å². The predicted molar refractivity (Wildman–Crippen MR) is 106 cm³/mol. The van der Waals surface area contributed by atoms with E-state index in [9.17, 15) is 4.79 Å². The van der Waals surface area contributed by atoms with Gasteiger partial charge in [-0.1, -0.05) is 19.9 Å². The molecule has 27 heavy (non-hydrogen) atoms. The second-order valence-corrected chi connectivity index (χ2v) is 8.43. The normalized spacial score (nSPS) is 15.7. The average Bonchev–Trinajstić information content (AvgIpc) is 2.59. The lowest BCUT2D eigenvalue weighted by atomic mass is 10.1. The van der Waals surface area contributed by atoms with Crippen molar-refractivity contribution in [3.63, 3.8) is 0 Å². The number of piperazine rings is 1. The molecule has 0 radical (unpaired) electrons. The number of carbonyl (C=O) groups excluding carboxylic acids is 1. The summed E-state index contributed by atoms with van der Waals surface area (Å²) in [6.45, 7) is 14.4. The maximum Gasteiger partial charge on any atom is 0.410 e. The molecule has 1 amide bonds. The lowest BCUT2D eigenvalue weighted by Gasteiger charge is -2.35. The maximum atomic E-state index is 12.2. The molecule has 1 aromatic carbocycles. The van der Waals surface area contributed by atoms with Gasteiger partial charge in [-0.25, -0.2) is 4.79 Å². The minimum atomic E-state index is -0.454. The van der Waals surface area contributed by atoms with Crippen molar-refractivity contribution in [1.29, 1.82) is 0 Å². The lowest BCUT2D eigenvalue weighted by Crippen LogP contribution is -2.49. The fourth-order valence-electron chi connectivity index (χ4n) is 2.86. The van der Waals surface area contributed by atoms with Crippen LogP contribution in [-0.4, -0.2) is 61.4 Å². The molecule has 6 heteroatoms. The van der Waals surface area contributed by atoms with Gasteiger partial charge in [-0.05, 0) is 44.4 Å². The summed E-state index contributed by atoms with van der Waals surface area (Å²) in [4.78, 5) is 16.3. The van der Waals surface area contributed by atoms with Crippen LogP contribution in [0.5, 0.6) is 11.5 Å². The highest BCUT2D eigenvalue weighted by Crippen LogP contribution is 2.29. The van der Waals surface area contributed by atoms with Crippen LogP contribution in [0.4, 0.5) is 4.79 Å². The highest BCUT2D eigenvalue weighted by atomic mass is 16.6. The topological polar surface area (TPSA) is 51.2 Å². The summed E-state index contributed by atoms with van der Waals surface area (Å²) in [5.74, 6) is 2.01. The zero-order chi connectivity index (χ0) is 20.0. The standard InChI is InChI=1S/C21H34N2O4/c1-16(2)15-26-18-8-7-17(13-19(18)25-6)14-22-9-11-23(12-10-22)20(24)27-21(3,4)5/h7-8,13,16H,9-12,14-15H2,1-6H3. The van der Waals surface area contributed by atoms with Crippen molar-refractivity contribution in [3.05, 3.63) is 23.8 Å². The number of amides is 1. The molecule has 152 valence electrons. The Balaban J connectivity index is 1.88. The largest absolute Gasteiger partial charge is 0.493 e. The molecule has 6 nitrogen and oxygen atoms in total. The van der Waals surface area contributed by atoms with Gasteiger partial charge in [0.1, 0.15) is 5.60 Å². The first kappa shape index (κ1) is 21.4. The first-order valence-corrected chi connectivity index (χ1v) is 9.68. The highest BCUT2D eigenvalue weighted by Gasteiger charge is 2.25. The number of hydrogen-bond donors (Lipinski definition) is 0. The van der Waals surface area contributed by atoms with E-state index in [1.165, 1.54) is 5.56 Å². The molecule has 1 fully saturated rings. The molecule has 0 aliphatic carbocycles. The number of nitrogens with zero attached hydrogens (tertiary/aromatic N) is 2. The monoisotopic (exact) mass is 378 g/mol. The third-order valence-electron chi connectivity index (χ3n) is 4.23. The molecule has 1 heterocycles. The Morgan fingerprint density at radius 2 is 1.78 bits per heavy atom. The fraction of sp³-hybridized carbons (Fsp3) is 0.667. The Bertz CT molecular complexity index is 617. The van der Waals surface area contributed by atoms with Crippen LogP contribution in [0.1, 0.15) is 40.2 Å². The Hall–Kier alpha value is -1.95. The summed E-state index contributed by atoms with van der Waals surface area (Å²) in [6.07, 6.45) is -0.226. The summed E-state index contributed by atoms with van der Waals surface area (Å²) in [7, 11) is 1.67. The van der Waals surface area contributed by atoms with Crippen LogP contribution in [0.2, 0.25) is 0 Å². The lowest BCUT2D eigenvalue weighted by molar-refractivity contribution is 0.0139. The van der Waals surface area contributed by atoms with Gasteiger partial charge in [0.2, 0.25) is 0 Å². The van der Waals surface area contributed by atoms with Crippen molar-refractivity contribution >= 4 is 6.09 Å². The molecule has 0 atom stereocenters. The molecule has 2 rings (SSSR count). The zero-order valence-electron chi connectivity index (χ0n) is 17.6. The second-order valence-electron chi connectivity index (χ2n) is 8.43. The van der Waals surface area contributed by atoms with Crippen LogP contribution in [-0.2, 0) is 11.3 Å². The number of carbonyl (C=O) groups is 1. The van der Waals surface area contributed by atoms with E-state index in [2.05, 4.69) is 24.8 Å². The van der Waals surface area contributed by atoms with Crippen molar-refractivity contribution in [2.45, 2.75) is 46.8 Å². The first-order chi connectivity index (χ1) is 12.7. The third kappa shape index (κ3) is 6.94. The third-order valence-corrected chi connectivity index (χ3v) is 4.23. The smallest absolute Gasteiger partial charge is 0.410 e. The van der Waals surface area contributed by atoms with E-state index in [4.69, 9.17) is 14.2 Å². The summed E-state index contributed by atoms with van der Waals surface area (Å²) in [5, 5.41) is 0. The molecule has 0 saturated carbocycles. The van der Waals surface area contributed by atoms with Crippen molar-refractivity contribution in [1.82, 2.24) is 9.80 Å². The van der Waals surface area contributed by atoms with Crippen molar-refractivity contribution < 1.29 is 19.0 Å². The maximum absolute atomic E-state index is 12.2. The van der Waals surface area contributed by atoms with Crippen molar-refractivity contribution in [2.75, 3.05) is 39.9 Å². The average molecular weight is 379 g/mol. The van der Waals surface area contributed by atoms with E-state index >= 15 is 0 Å². The van der Waals surface area contributed by atoms with E-state index in [1.54, 1.807) is 12.0 Å². The highest BCUT2D eigenvalue weighted by molar-refractivity contribution is 5.68. The Labute approximate surface area is 163 Å². The predicted octanol–water partition coefficient (Wildman–Crippen LogP) is 3.78. The van der Waals surface area contributed by atoms with Crippen LogP contribution < -0.4 is 9.47 Å². The number of ether oxygens (including phenoxy) is 3. The fourth-order valence-corrected chi connectivity index (χ4v) is 2.86. The molecule has 0 unspecified atom stereocenters. The number of rotatable bonds is 6. The Morgan fingerprint density at radius 3 is 2.33 bits per heavy atom. The van der Waals surface area contributed by atoms with Gasteiger partial charge < -0.3 is 19.1 Å². The molecule has 0 aromatic heterocycles. The molecule has 1 saturated heterocycles. The molecule has 1 aliphatic rings. The summed E-state index contributed by atoms with van der Waals surface area (Å²) >= 11 is 0. The van der Waals surface area contributed by atoms with Gasteiger partial charge in [0, 0.05) is 32.7 Å². The molecular weight excluding hydrogens is 344 g/mol. The van der Waals surface area contributed by atoms with Crippen LogP contribution in [0.25, 0.3) is 0 Å². The molecule has 0 spiro atoms. The van der Waals surface area contributed by atoms with E-state index in [0.717, 1.165) is 31.1 Å². The zero-order valence-corrected chi connectivity index (χ0v) is 17.6. The van der Waals surface area contributed by atoms with Crippen LogP contribution >= 0.6 is 0 Å². The van der Waals surface area contributed by atoms with Crippen molar-refractivity contribution in [2.24, 2.45) is 5.92 Å². The molecule has 1 aromatic rings. The summed E-state index contributed by atoms with van der Waals surface area (Å²) < 4.78 is 16.8. The quantitative estimate of drug-likeness (QED) is 0.754. The van der Waals surface area contributed by atoms with Gasteiger partial charge in [-0.3, -0.25) is 4.90 Å².